The van der Waals surface area contributed by atoms with E-state index in [1.165, 1.54) is 6.07 Å². The van der Waals surface area contributed by atoms with E-state index in [4.69, 9.17) is 17.3 Å². The number of hydrogen-bond donors (Lipinski definition) is 2. The van der Waals surface area contributed by atoms with Gasteiger partial charge in [0.05, 0.1) is 10.6 Å². The van der Waals surface area contributed by atoms with E-state index in [2.05, 4.69) is 12.2 Å². The quantitative estimate of drug-likeness (QED) is 0.658. The molecule has 0 heterocycles. The van der Waals surface area contributed by atoms with E-state index in [-0.39, 0.29) is 10.7 Å². The second kappa shape index (κ2) is 3.07. The number of thiocarbonyl (C=S) groups is 1. The monoisotopic (exact) mass is 187 g/mol. The molecule has 1 aromatic carbocycles. The van der Waals surface area contributed by atoms with Crippen LogP contribution in [0.15, 0.2) is 18.2 Å². The van der Waals surface area contributed by atoms with Gasteiger partial charge in [-0.1, -0.05) is 29.9 Å². The third kappa shape index (κ3) is 1.61. The van der Waals surface area contributed by atoms with Crippen LogP contribution in [0.25, 0.3) is 0 Å². The fraction of sp³-hybridized carbons (Fsp3) is 0. The summed E-state index contributed by atoms with van der Waals surface area (Å²) in [5.74, 6) is 0.0185. The highest BCUT2D eigenvalue weighted by molar-refractivity contribution is 7.80. The molecule has 2 nitrogen and oxygen atoms in total. The highest BCUT2D eigenvalue weighted by Crippen LogP contribution is 2.24. The Balaban J connectivity index is 3.32. The van der Waals surface area contributed by atoms with E-state index >= 15 is 0 Å². The van der Waals surface area contributed by atoms with E-state index in [9.17, 15) is 5.11 Å². The largest absolute Gasteiger partial charge is 0.507 e. The van der Waals surface area contributed by atoms with Crippen LogP contribution in [-0.2, 0) is 0 Å². The summed E-state index contributed by atoms with van der Waals surface area (Å²) in [4.78, 5) is 0.105. The molecule has 0 amide bonds. The first kappa shape index (κ1) is 8.30. The maximum Gasteiger partial charge on any atom is 0.127 e. The van der Waals surface area contributed by atoms with Crippen molar-refractivity contribution >= 4 is 28.8 Å². The van der Waals surface area contributed by atoms with Crippen molar-refractivity contribution in [3.63, 3.8) is 0 Å². The Morgan fingerprint density at radius 1 is 1.55 bits per heavy atom. The van der Waals surface area contributed by atoms with Crippen LogP contribution in [0.5, 0.6) is 5.75 Å². The van der Waals surface area contributed by atoms with Gasteiger partial charge in [-0.3, -0.25) is 0 Å². The third-order valence-electron chi connectivity index (χ3n) is 1.24. The van der Waals surface area contributed by atoms with E-state index in [1.54, 1.807) is 12.1 Å². The highest BCUT2D eigenvalue weighted by Gasteiger charge is 2.07. The number of hydrogen-bond acceptors (Lipinski definition) is 2. The van der Waals surface area contributed by atoms with Crippen molar-refractivity contribution in [3.05, 3.63) is 28.8 Å². The molecule has 0 fully saturated rings. The Bertz CT molecular complexity index is 280. The van der Waals surface area contributed by atoms with Gasteiger partial charge in [0.1, 0.15) is 10.7 Å². The third-order valence-corrected chi connectivity index (χ3v) is 1.76. The van der Waals surface area contributed by atoms with Crippen LogP contribution in [-0.4, -0.2) is 10.1 Å². The zero-order valence-corrected chi connectivity index (χ0v) is 7.12. The van der Waals surface area contributed by atoms with Gasteiger partial charge >= 0.3 is 0 Å². The van der Waals surface area contributed by atoms with Crippen molar-refractivity contribution in [2.24, 2.45) is 5.73 Å². The summed E-state index contributed by atoms with van der Waals surface area (Å²) < 4.78 is 0. The van der Waals surface area contributed by atoms with Gasteiger partial charge in [-0.25, -0.2) is 0 Å². The van der Waals surface area contributed by atoms with Crippen LogP contribution < -0.4 is 5.73 Å². The average Bonchev–Trinajstić information content (AvgIpc) is 1.85. The Labute approximate surface area is 74.6 Å². The smallest absolute Gasteiger partial charge is 0.127 e. The molecular formula is C7H6ClNOS. The molecule has 0 unspecified atom stereocenters. The Hall–Kier alpha value is -0.800. The summed E-state index contributed by atoms with van der Waals surface area (Å²) in [6, 6.07) is 4.73. The van der Waals surface area contributed by atoms with E-state index in [0.29, 0.717) is 10.6 Å². The van der Waals surface area contributed by atoms with Crippen molar-refractivity contribution in [3.8, 4) is 5.75 Å². The van der Waals surface area contributed by atoms with E-state index in [1.807, 2.05) is 0 Å². The Kier molecular flexibility index (Phi) is 2.31. The second-order valence-electron chi connectivity index (χ2n) is 2.00. The molecule has 0 aliphatic rings. The number of halogens is 1. The van der Waals surface area contributed by atoms with Crippen LogP contribution in [0.3, 0.4) is 0 Å². The van der Waals surface area contributed by atoms with Crippen LogP contribution >= 0.6 is 23.8 Å². The number of aromatic hydroxyl groups is 1. The van der Waals surface area contributed by atoms with Gasteiger partial charge in [0.15, 0.2) is 0 Å². The molecule has 0 aromatic heterocycles. The molecule has 1 aromatic rings. The number of phenols is 1. The molecule has 58 valence electrons. The van der Waals surface area contributed by atoms with Gasteiger partial charge in [0.25, 0.3) is 0 Å². The van der Waals surface area contributed by atoms with Crippen molar-refractivity contribution in [2.45, 2.75) is 0 Å². The zero-order valence-electron chi connectivity index (χ0n) is 5.54. The van der Waals surface area contributed by atoms with Gasteiger partial charge < -0.3 is 10.8 Å². The molecule has 11 heavy (non-hydrogen) atoms. The fourth-order valence-corrected chi connectivity index (χ4v) is 1.30. The van der Waals surface area contributed by atoms with Crippen LogP contribution in [0.2, 0.25) is 5.02 Å². The van der Waals surface area contributed by atoms with E-state index < -0.39 is 0 Å². The maximum absolute atomic E-state index is 9.21. The van der Waals surface area contributed by atoms with E-state index in [0.717, 1.165) is 0 Å². The number of phenolic OH excluding ortho intramolecular Hbond substituents is 1. The minimum atomic E-state index is 0.0185. The predicted molar refractivity (Wildman–Crippen MR) is 49.0 cm³/mol. The second-order valence-corrected chi connectivity index (χ2v) is 2.85. The van der Waals surface area contributed by atoms with Crippen molar-refractivity contribution in [1.29, 1.82) is 0 Å². The fourth-order valence-electron chi connectivity index (χ4n) is 0.757. The lowest BCUT2D eigenvalue weighted by molar-refractivity contribution is 0.474. The first-order chi connectivity index (χ1) is 5.13. The van der Waals surface area contributed by atoms with Crippen molar-refractivity contribution in [2.75, 3.05) is 0 Å². The topological polar surface area (TPSA) is 46.2 Å². The lowest BCUT2D eigenvalue weighted by Crippen LogP contribution is -2.09. The first-order valence-corrected chi connectivity index (χ1v) is 3.69. The molecule has 4 heteroatoms. The van der Waals surface area contributed by atoms with Crippen LogP contribution in [0.4, 0.5) is 0 Å². The molecule has 0 aliphatic carbocycles. The normalized spacial score (nSPS) is 9.55. The standard InChI is InChI=1S/C7H6ClNOS/c8-4-2-1-3-5(10)6(4)7(9)11/h1-3,10H,(H2,9,11). The van der Waals surface area contributed by atoms with Gasteiger partial charge in [0, 0.05) is 0 Å². The molecule has 3 N–H and O–H groups in total. The SMILES string of the molecule is NC(=S)c1c(O)cccc1Cl. The molecule has 0 spiro atoms. The molecule has 0 bridgehead atoms. The summed E-state index contributed by atoms with van der Waals surface area (Å²) >= 11 is 10.4. The van der Waals surface area contributed by atoms with Gasteiger partial charge in [-0.2, -0.15) is 0 Å². The lowest BCUT2D eigenvalue weighted by atomic mass is 10.2. The summed E-state index contributed by atoms with van der Waals surface area (Å²) in [7, 11) is 0. The molecule has 0 radical (unpaired) electrons. The molecule has 0 saturated heterocycles. The summed E-state index contributed by atoms with van der Waals surface area (Å²) in [6.45, 7) is 0. The average molecular weight is 188 g/mol. The molecular weight excluding hydrogens is 182 g/mol. The predicted octanol–water partition coefficient (Wildman–Crippen LogP) is 1.68. The summed E-state index contributed by atoms with van der Waals surface area (Å²) in [6.07, 6.45) is 0. The summed E-state index contributed by atoms with van der Waals surface area (Å²) in [5, 5.41) is 9.58. The van der Waals surface area contributed by atoms with Gasteiger partial charge in [0.2, 0.25) is 0 Å². The number of rotatable bonds is 1. The zero-order chi connectivity index (χ0) is 8.43. The Morgan fingerprint density at radius 3 is 2.55 bits per heavy atom. The molecule has 0 saturated carbocycles. The number of benzene rings is 1. The number of nitrogens with two attached hydrogens (primary N) is 1. The molecule has 1 rings (SSSR count). The molecule has 0 aliphatic heterocycles. The Morgan fingerprint density at radius 2 is 2.18 bits per heavy atom. The minimum Gasteiger partial charge on any atom is -0.507 e. The molecule has 0 atom stereocenters. The van der Waals surface area contributed by atoms with Gasteiger partial charge in [-0.05, 0) is 12.1 Å². The van der Waals surface area contributed by atoms with Crippen molar-refractivity contribution < 1.29 is 5.11 Å². The summed E-state index contributed by atoms with van der Waals surface area (Å²) in [5.41, 5.74) is 5.64. The first-order valence-electron chi connectivity index (χ1n) is 2.90. The maximum atomic E-state index is 9.21. The minimum absolute atomic E-state index is 0.0185. The van der Waals surface area contributed by atoms with Crippen LogP contribution in [0, 0.1) is 0 Å². The van der Waals surface area contributed by atoms with Gasteiger partial charge in [-0.15, -0.1) is 0 Å². The lowest BCUT2D eigenvalue weighted by Gasteiger charge is -2.02. The van der Waals surface area contributed by atoms with Crippen LogP contribution in [0.1, 0.15) is 5.56 Å². The highest BCUT2D eigenvalue weighted by atomic mass is 35.5. The van der Waals surface area contributed by atoms with Crippen molar-refractivity contribution in [1.82, 2.24) is 0 Å².